The molecule has 0 spiro atoms. The van der Waals surface area contributed by atoms with Gasteiger partial charge in [0.15, 0.2) is 0 Å². The van der Waals surface area contributed by atoms with Crippen LogP contribution in [0.3, 0.4) is 0 Å². The summed E-state index contributed by atoms with van der Waals surface area (Å²) in [5.41, 5.74) is 0. The summed E-state index contributed by atoms with van der Waals surface area (Å²) >= 11 is 0. The third kappa shape index (κ3) is 56.0. The first-order valence-electron chi connectivity index (χ1n) is 30.5. The van der Waals surface area contributed by atoms with Crippen LogP contribution in [0.4, 0.5) is 0 Å². The van der Waals surface area contributed by atoms with Crippen molar-refractivity contribution < 1.29 is 32.9 Å². The summed E-state index contributed by atoms with van der Waals surface area (Å²) in [6.07, 6.45) is 70.6. The Morgan fingerprint density at radius 2 is 0.831 bits per heavy atom. The summed E-state index contributed by atoms with van der Waals surface area (Å²) in [4.78, 5) is 25.5. The zero-order valence-electron chi connectivity index (χ0n) is 47.7. The minimum Gasteiger partial charge on any atom is -0.756 e. The smallest absolute Gasteiger partial charge is 0.268 e. The molecule has 0 saturated heterocycles. The molecular formula is C62H119N2O6P. The maximum Gasteiger partial charge on any atom is 0.268 e. The van der Waals surface area contributed by atoms with Gasteiger partial charge in [-0.3, -0.25) is 9.36 Å². The number of carbonyl (C=O) groups excluding carboxylic acids is 1. The molecule has 0 aliphatic carbocycles. The summed E-state index contributed by atoms with van der Waals surface area (Å²) in [6.45, 7) is 4.66. The highest BCUT2D eigenvalue weighted by Crippen LogP contribution is 2.38. The molecule has 0 aromatic carbocycles. The molecule has 0 heterocycles. The van der Waals surface area contributed by atoms with Gasteiger partial charge in [-0.2, -0.15) is 0 Å². The second-order valence-electron chi connectivity index (χ2n) is 22.0. The zero-order chi connectivity index (χ0) is 52.0. The molecule has 0 fully saturated rings. The molecule has 9 heteroatoms. The van der Waals surface area contributed by atoms with Crippen molar-refractivity contribution in [2.75, 3.05) is 40.9 Å². The van der Waals surface area contributed by atoms with Gasteiger partial charge in [-0.1, -0.05) is 268 Å². The van der Waals surface area contributed by atoms with Gasteiger partial charge in [0.25, 0.3) is 7.82 Å². The van der Waals surface area contributed by atoms with E-state index in [9.17, 15) is 19.4 Å². The lowest BCUT2D eigenvalue weighted by Gasteiger charge is -2.29. The van der Waals surface area contributed by atoms with Crippen molar-refractivity contribution in [2.45, 2.75) is 302 Å². The third-order valence-electron chi connectivity index (χ3n) is 13.8. The molecule has 0 aliphatic heterocycles. The van der Waals surface area contributed by atoms with E-state index in [1.54, 1.807) is 6.08 Å². The van der Waals surface area contributed by atoms with E-state index in [0.29, 0.717) is 17.4 Å². The highest BCUT2D eigenvalue weighted by molar-refractivity contribution is 7.45. The van der Waals surface area contributed by atoms with E-state index in [1.807, 2.05) is 27.2 Å². The van der Waals surface area contributed by atoms with Crippen LogP contribution < -0.4 is 10.2 Å². The molecule has 3 atom stereocenters. The van der Waals surface area contributed by atoms with Crippen molar-refractivity contribution in [3.63, 3.8) is 0 Å². The number of quaternary nitrogens is 1. The Kier molecular flexibility index (Phi) is 52.1. The molecule has 0 saturated carbocycles. The summed E-state index contributed by atoms with van der Waals surface area (Å²) in [6, 6.07) is -0.905. The number of allylic oxidation sites excluding steroid dienone is 7. The first-order valence-corrected chi connectivity index (χ1v) is 32.0. The Bertz CT molecular complexity index is 1290. The maximum absolute atomic E-state index is 13.0. The molecule has 1 amide bonds. The predicted molar refractivity (Wildman–Crippen MR) is 307 cm³/mol. The predicted octanol–water partition coefficient (Wildman–Crippen LogP) is 18.1. The third-order valence-corrected chi connectivity index (χ3v) is 14.7. The molecule has 0 radical (unpaired) electrons. The fourth-order valence-corrected chi connectivity index (χ4v) is 9.69. The second kappa shape index (κ2) is 53.3. The Morgan fingerprint density at radius 1 is 0.493 bits per heavy atom. The van der Waals surface area contributed by atoms with Gasteiger partial charge in [-0.05, 0) is 64.2 Å². The number of nitrogens with zero attached hydrogens (tertiary/aromatic N) is 1. The molecule has 0 aromatic rings. The Morgan fingerprint density at radius 3 is 1.23 bits per heavy atom. The van der Waals surface area contributed by atoms with Gasteiger partial charge in [0.2, 0.25) is 5.91 Å². The summed E-state index contributed by atoms with van der Waals surface area (Å²) in [5.74, 6) is -0.205. The molecular weight excluding hydrogens is 900 g/mol. The number of aliphatic hydroxyl groups is 1. The van der Waals surface area contributed by atoms with Gasteiger partial charge < -0.3 is 28.8 Å². The number of hydrogen-bond donors (Lipinski definition) is 2. The molecule has 8 nitrogen and oxygen atoms in total. The average Bonchev–Trinajstić information content (AvgIpc) is 3.33. The van der Waals surface area contributed by atoms with Crippen LogP contribution >= 0.6 is 7.82 Å². The lowest BCUT2D eigenvalue weighted by molar-refractivity contribution is -0.870. The molecule has 0 aliphatic rings. The van der Waals surface area contributed by atoms with Crippen molar-refractivity contribution in [3.05, 3.63) is 48.6 Å². The van der Waals surface area contributed by atoms with Crippen LogP contribution in [0.2, 0.25) is 0 Å². The largest absolute Gasteiger partial charge is 0.756 e. The Labute approximate surface area is 441 Å². The molecule has 0 bridgehead atoms. The summed E-state index contributed by atoms with van der Waals surface area (Å²) in [5, 5.41) is 13.9. The van der Waals surface area contributed by atoms with E-state index in [-0.39, 0.29) is 12.5 Å². The fraction of sp³-hybridized carbons (Fsp3) is 0.855. The quantitative estimate of drug-likeness (QED) is 0.0272. The lowest BCUT2D eigenvalue weighted by Crippen LogP contribution is -2.45. The van der Waals surface area contributed by atoms with Gasteiger partial charge in [-0.25, -0.2) is 0 Å². The first kappa shape index (κ1) is 69.5. The van der Waals surface area contributed by atoms with Crippen LogP contribution in [0.25, 0.3) is 0 Å². The number of unbranched alkanes of at least 4 members (excludes halogenated alkanes) is 37. The van der Waals surface area contributed by atoms with Crippen molar-refractivity contribution in [3.8, 4) is 0 Å². The van der Waals surface area contributed by atoms with Crippen LogP contribution in [0.15, 0.2) is 48.6 Å². The topological polar surface area (TPSA) is 108 Å². The number of phosphoric acid groups is 1. The monoisotopic (exact) mass is 1020 g/mol. The Balaban J connectivity index is 4.17. The molecule has 0 rings (SSSR count). The number of phosphoric ester groups is 1. The number of rotatable bonds is 56. The standard InChI is InChI=1S/C62H119N2O6P/c1-6-8-10-12-14-16-18-20-22-24-26-28-29-30-31-32-33-34-35-36-38-40-42-44-46-48-50-52-54-56-62(66)63-60(59-70-71(67,68)69-58-57-64(3,4)5)61(65)55-53-51-49-47-45-43-41-39-37-27-25-23-21-19-17-15-13-11-9-7-2/h26,28,30-31,45,47,53,55,60-61,65H,6-25,27,29,32-44,46,48-52,54,56-59H2,1-5H3,(H-,63,66,67,68)/b28-26-,31-30-,47-45+,55-53+. The number of likely N-dealkylation sites (N-methyl/N-ethyl adjacent to an activating group) is 1. The first-order chi connectivity index (χ1) is 34.5. The number of hydrogen-bond acceptors (Lipinski definition) is 6. The van der Waals surface area contributed by atoms with Crippen molar-refractivity contribution in [1.82, 2.24) is 5.32 Å². The number of aliphatic hydroxyl groups excluding tert-OH is 1. The lowest BCUT2D eigenvalue weighted by atomic mass is 10.0. The van der Waals surface area contributed by atoms with Crippen LogP contribution in [0, 0.1) is 0 Å². The molecule has 2 N–H and O–H groups in total. The second-order valence-corrected chi connectivity index (χ2v) is 23.5. The Hall–Kier alpha value is -1.54. The van der Waals surface area contributed by atoms with Gasteiger partial charge >= 0.3 is 0 Å². The van der Waals surface area contributed by atoms with Gasteiger partial charge in [0, 0.05) is 6.42 Å². The van der Waals surface area contributed by atoms with E-state index in [2.05, 4.69) is 55.6 Å². The van der Waals surface area contributed by atoms with Crippen molar-refractivity contribution in [2.24, 2.45) is 0 Å². The van der Waals surface area contributed by atoms with Crippen LogP contribution in [-0.2, 0) is 18.4 Å². The van der Waals surface area contributed by atoms with Gasteiger partial charge in [-0.15, -0.1) is 0 Å². The van der Waals surface area contributed by atoms with Gasteiger partial charge in [0.1, 0.15) is 13.2 Å². The molecule has 418 valence electrons. The van der Waals surface area contributed by atoms with Gasteiger partial charge in [0.05, 0.1) is 39.9 Å². The maximum atomic E-state index is 13.0. The van der Waals surface area contributed by atoms with Crippen molar-refractivity contribution in [1.29, 1.82) is 0 Å². The zero-order valence-corrected chi connectivity index (χ0v) is 48.6. The minimum absolute atomic E-state index is 0.00662. The highest BCUT2D eigenvalue weighted by atomic mass is 31.2. The van der Waals surface area contributed by atoms with Crippen LogP contribution in [-0.4, -0.2) is 68.5 Å². The normalized spacial score (nSPS) is 14.2. The van der Waals surface area contributed by atoms with E-state index >= 15 is 0 Å². The fourth-order valence-electron chi connectivity index (χ4n) is 8.97. The summed E-state index contributed by atoms with van der Waals surface area (Å²) in [7, 11) is 1.25. The van der Waals surface area contributed by atoms with Crippen molar-refractivity contribution >= 4 is 13.7 Å². The number of carbonyl (C=O) groups is 1. The molecule has 71 heavy (non-hydrogen) atoms. The van der Waals surface area contributed by atoms with E-state index in [0.717, 1.165) is 44.9 Å². The summed E-state index contributed by atoms with van der Waals surface area (Å²) < 4.78 is 23.4. The minimum atomic E-state index is -4.61. The highest BCUT2D eigenvalue weighted by Gasteiger charge is 2.23. The number of amides is 1. The van der Waals surface area contributed by atoms with Crippen LogP contribution in [0.1, 0.15) is 290 Å². The molecule has 3 unspecified atom stereocenters. The van der Waals surface area contributed by atoms with E-state index < -0.39 is 26.6 Å². The van der Waals surface area contributed by atoms with E-state index in [1.165, 1.54) is 225 Å². The van der Waals surface area contributed by atoms with Crippen LogP contribution in [0.5, 0.6) is 0 Å². The SMILES string of the molecule is CCCCCCCCCCC/C=C\C/C=C\CCCCCCCCCCCCCCCC(=O)NC(COP(=O)([O-])OCC[N+](C)(C)C)C(O)/C=C/CC/C=C/CCCCCCCCCCCCCCCC. The van der Waals surface area contributed by atoms with E-state index in [4.69, 9.17) is 9.05 Å². The molecule has 0 aromatic heterocycles. The average molecular weight is 1020 g/mol. The number of nitrogens with one attached hydrogen (secondary N) is 1.